The predicted molar refractivity (Wildman–Crippen MR) is 137 cm³/mol. The second kappa shape index (κ2) is 8.71. The summed E-state index contributed by atoms with van der Waals surface area (Å²) >= 11 is 0. The van der Waals surface area contributed by atoms with Crippen LogP contribution in [0.2, 0.25) is 0 Å². The highest BCUT2D eigenvalue weighted by Gasteiger charge is 2.48. The highest BCUT2D eigenvalue weighted by atomic mass is 16.3. The fourth-order valence-electron chi connectivity index (χ4n) is 5.60. The second-order valence-electron chi connectivity index (χ2n) is 10.3. The fraction of sp³-hybridized carbons (Fsp3) is 0.370. The second-order valence-corrected chi connectivity index (χ2v) is 10.3. The van der Waals surface area contributed by atoms with Crippen LogP contribution in [0.25, 0.3) is 16.9 Å². The Labute approximate surface area is 213 Å². The molecule has 3 fully saturated rings. The fourth-order valence-corrected chi connectivity index (χ4v) is 5.60. The average molecular weight is 497 g/mol. The number of carbonyl (C=O) groups excluding carboxylic acids is 1. The van der Waals surface area contributed by atoms with Crippen LogP contribution in [0.5, 0.6) is 0 Å². The van der Waals surface area contributed by atoms with E-state index in [0.29, 0.717) is 29.1 Å². The molecule has 2 bridgehead atoms. The number of nitriles is 1. The standard InChI is InChI=1S/C27H28N8O2/c1-34-11-4-19(33-34)16-30-25(36)21-17-29-23(24-3-2-20-12-18(14-28)15-31-35(20)24)13-22(21)32-26-5-8-27(37,9-6-26)10-7-26/h2-4,11-13,15,17,37H,5-10,16H2,1H3,(H,29,32)(H,30,36). The summed E-state index contributed by atoms with van der Waals surface area (Å²) in [7, 11) is 1.84. The minimum Gasteiger partial charge on any atom is -0.390 e. The van der Waals surface area contributed by atoms with Gasteiger partial charge in [-0.3, -0.25) is 14.5 Å². The Morgan fingerprint density at radius 1 is 1.14 bits per heavy atom. The van der Waals surface area contributed by atoms with E-state index >= 15 is 0 Å². The van der Waals surface area contributed by atoms with Crippen molar-refractivity contribution < 1.29 is 9.90 Å². The number of pyridine rings is 1. The normalized spacial score (nSPS) is 22.6. The van der Waals surface area contributed by atoms with Crippen molar-refractivity contribution in [3.63, 3.8) is 0 Å². The van der Waals surface area contributed by atoms with Gasteiger partial charge in [-0.1, -0.05) is 0 Å². The van der Waals surface area contributed by atoms with Gasteiger partial charge in [-0.25, -0.2) is 4.52 Å². The van der Waals surface area contributed by atoms with Crippen LogP contribution in [0, 0.1) is 11.3 Å². The summed E-state index contributed by atoms with van der Waals surface area (Å²) < 4.78 is 3.44. The van der Waals surface area contributed by atoms with Crippen molar-refractivity contribution >= 4 is 17.1 Å². The molecule has 3 saturated carbocycles. The highest BCUT2D eigenvalue weighted by Crippen LogP contribution is 2.48. The lowest BCUT2D eigenvalue weighted by Crippen LogP contribution is -2.54. The zero-order valence-electron chi connectivity index (χ0n) is 20.6. The lowest BCUT2D eigenvalue weighted by Gasteiger charge is -2.51. The van der Waals surface area contributed by atoms with E-state index in [9.17, 15) is 15.2 Å². The van der Waals surface area contributed by atoms with Crippen LogP contribution in [0.15, 0.2) is 48.9 Å². The number of aryl methyl sites for hydroxylation is 1. The van der Waals surface area contributed by atoms with Gasteiger partial charge in [0.2, 0.25) is 0 Å². The minimum absolute atomic E-state index is 0.166. The van der Waals surface area contributed by atoms with Crippen LogP contribution in [-0.4, -0.2) is 46.5 Å². The predicted octanol–water partition coefficient (Wildman–Crippen LogP) is 3.18. The number of aromatic nitrogens is 5. The number of rotatable bonds is 6. The lowest BCUT2D eigenvalue weighted by molar-refractivity contribution is -0.0580. The molecule has 0 radical (unpaired) electrons. The van der Waals surface area contributed by atoms with Gasteiger partial charge in [0.15, 0.2) is 0 Å². The van der Waals surface area contributed by atoms with E-state index in [1.165, 1.54) is 6.20 Å². The molecule has 0 unspecified atom stereocenters. The molecule has 10 heteroatoms. The van der Waals surface area contributed by atoms with Crippen LogP contribution in [-0.2, 0) is 13.6 Å². The van der Waals surface area contributed by atoms with Gasteiger partial charge in [0.25, 0.3) is 5.91 Å². The summed E-state index contributed by atoms with van der Waals surface area (Å²) in [5, 5.41) is 35.3. The molecule has 37 heavy (non-hydrogen) atoms. The van der Waals surface area contributed by atoms with Crippen molar-refractivity contribution in [2.24, 2.45) is 7.05 Å². The molecule has 0 aromatic carbocycles. The van der Waals surface area contributed by atoms with E-state index in [2.05, 4.69) is 31.9 Å². The van der Waals surface area contributed by atoms with E-state index < -0.39 is 5.60 Å². The molecule has 3 N–H and O–H groups in total. The Bertz CT molecular complexity index is 1520. The molecule has 3 aliphatic rings. The molecule has 4 heterocycles. The van der Waals surface area contributed by atoms with Gasteiger partial charge in [0.1, 0.15) is 6.07 Å². The van der Waals surface area contributed by atoms with Crippen molar-refractivity contribution in [1.29, 1.82) is 5.26 Å². The number of nitrogens with zero attached hydrogens (tertiary/aromatic N) is 6. The Morgan fingerprint density at radius 3 is 2.62 bits per heavy atom. The summed E-state index contributed by atoms with van der Waals surface area (Å²) in [6.07, 6.45) is 9.79. The summed E-state index contributed by atoms with van der Waals surface area (Å²) in [4.78, 5) is 17.9. The molecule has 7 rings (SSSR count). The van der Waals surface area contributed by atoms with Crippen molar-refractivity contribution in [3.05, 3.63) is 65.7 Å². The van der Waals surface area contributed by atoms with Crippen LogP contribution >= 0.6 is 0 Å². The molecule has 0 saturated heterocycles. The summed E-state index contributed by atoms with van der Waals surface area (Å²) in [5.41, 5.74) is 3.94. The molecule has 4 aromatic heterocycles. The van der Waals surface area contributed by atoms with Gasteiger partial charge in [-0.15, -0.1) is 0 Å². The summed E-state index contributed by atoms with van der Waals surface area (Å²) in [6, 6.07) is 11.5. The molecule has 10 nitrogen and oxygen atoms in total. The summed E-state index contributed by atoms with van der Waals surface area (Å²) in [5.74, 6) is -0.233. The van der Waals surface area contributed by atoms with E-state index in [-0.39, 0.29) is 11.4 Å². The average Bonchev–Trinajstić information content (AvgIpc) is 3.53. The maximum atomic E-state index is 13.3. The Morgan fingerprint density at radius 2 is 1.92 bits per heavy atom. The summed E-state index contributed by atoms with van der Waals surface area (Å²) in [6.45, 7) is 0.313. The zero-order chi connectivity index (χ0) is 25.6. The van der Waals surface area contributed by atoms with Gasteiger partial charge in [-0.2, -0.15) is 15.5 Å². The third-order valence-electron chi connectivity index (χ3n) is 7.85. The first-order valence-corrected chi connectivity index (χ1v) is 12.5. The number of amides is 1. The molecule has 0 atom stereocenters. The number of carbonyl (C=O) groups is 1. The number of hydrogen-bond acceptors (Lipinski definition) is 7. The highest BCUT2D eigenvalue weighted by molar-refractivity contribution is 6.00. The lowest BCUT2D eigenvalue weighted by atomic mass is 9.63. The van der Waals surface area contributed by atoms with Crippen molar-refractivity contribution in [1.82, 2.24) is 29.7 Å². The smallest absolute Gasteiger partial charge is 0.255 e. The molecular formula is C27H28N8O2. The maximum Gasteiger partial charge on any atom is 0.255 e. The molecule has 3 aliphatic carbocycles. The first-order chi connectivity index (χ1) is 17.9. The van der Waals surface area contributed by atoms with Crippen LogP contribution < -0.4 is 10.6 Å². The van der Waals surface area contributed by atoms with Crippen molar-refractivity contribution in [2.75, 3.05) is 5.32 Å². The minimum atomic E-state index is -0.547. The topological polar surface area (TPSA) is 133 Å². The number of hydrogen-bond donors (Lipinski definition) is 3. The molecule has 4 aromatic rings. The largest absolute Gasteiger partial charge is 0.390 e. The van der Waals surface area contributed by atoms with E-state index in [1.54, 1.807) is 21.5 Å². The zero-order valence-corrected chi connectivity index (χ0v) is 20.6. The molecule has 1 amide bonds. The van der Waals surface area contributed by atoms with Crippen molar-refractivity contribution in [3.8, 4) is 17.5 Å². The van der Waals surface area contributed by atoms with Crippen LogP contribution in [0.1, 0.15) is 60.1 Å². The van der Waals surface area contributed by atoms with Crippen LogP contribution in [0.3, 0.4) is 0 Å². The SMILES string of the molecule is Cn1ccc(CNC(=O)c2cnc(-c3ccc4cc(C#N)cnn34)cc2NC23CCC(O)(CC2)CC3)n1. The Hall–Kier alpha value is -4.23. The molecular weight excluding hydrogens is 468 g/mol. The van der Waals surface area contributed by atoms with E-state index in [0.717, 1.165) is 55.4 Å². The molecule has 188 valence electrons. The Balaban J connectivity index is 1.35. The maximum absolute atomic E-state index is 13.3. The van der Waals surface area contributed by atoms with Crippen molar-refractivity contribution in [2.45, 2.75) is 56.2 Å². The number of anilines is 1. The third-order valence-corrected chi connectivity index (χ3v) is 7.85. The monoisotopic (exact) mass is 496 g/mol. The van der Waals surface area contributed by atoms with Gasteiger partial charge >= 0.3 is 0 Å². The number of aliphatic hydroxyl groups is 1. The first kappa shape index (κ1) is 23.2. The number of fused-ring (bicyclic) bond motifs is 4. The van der Waals surface area contributed by atoms with Gasteiger partial charge in [0.05, 0.1) is 57.8 Å². The van der Waals surface area contributed by atoms with Gasteiger partial charge in [-0.05, 0) is 68.9 Å². The van der Waals surface area contributed by atoms with Gasteiger partial charge < -0.3 is 15.7 Å². The van der Waals surface area contributed by atoms with E-state index in [4.69, 9.17) is 0 Å². The first-order valence-electron chi connectivity index (χ1n) is 12.5. The quantitative estimate of drug-likeness (QED) is 0.373. The third kappa shape index (κ3) is 4.32. The van der Waals surface area contributed by atoms with E-state index in [1.807, 2.05) is 37.5 Å². The molecule has 0 aliphatic heterocycles. The van der Waals surface area contributed by atoms with Crippen LogP contribution in [0.4, 0.5) is 5.69 Å². The van der Waals surface area contributed by atoms with Gasteiger partial charge in [0, 0.05) is 25.0 Å². The Kier molecular flexibility index (Phi) is 5.46. The molecule has 0 spiro atoms. The number of nitrogens with one attached hydrogen (secondary N) is 2.